The molecule has 0 aromatic carbocycles. The number of fused-ring (bicyclic) bond motifs is 7. The van der Waals surface area contributed by atoms with Gasteiger partial charge in [-0.3, -0.25) is 4.39 Å². The third-order valence-corrected chi connectivity index (χ3v) is 11.8. The van der Waals surface area contributed by atoms with Gasteiger partial charge in [0.05, 0.1) is 19.4 Å². The molecule has 2 aliphatic heterocycles. The van der Waals surface area contributed by atoms with Gasteiger partial charge in [0.25, 0.3) is 0 Å². The van der Waals surface area contributed by atoms with Gasteiger partial charge < -0.3 is 9.47 Å². The van der Waals surface area contributed by atoms with E-state index in [1.54, 1.807) is 0 Å². The maximum absolute atomic E-state index is 14.6. The minimum absolute atomic E-state index is 0.0526. The van der Waals surface area contributed by atoms with Crippen LogP contribution in [0.1, 0.15) is 91.4 Å². The first-order valence-corrected chi connectivity index (χ1v) is 13.3. The highest BCUT2D eigenvalue weighted by Crippen LogP contribution is 2.71. The highest BCUT2D eigenvalue weighted by molar-refractivity contribution is 5.15. The number of halogens is 1. The van der Waals surface area contributed by atoms with E-state index in [1.807, 2.05) is 0 Å². The largest absolute Gasteiger partial charge is 0.349 e. The van der Waals surface area contributed by atoms with Crippen molar-refractivity contribution in [2.75, 3.05) is 13.3 Å². The average molecular weight is 419 g/mol. The number of hydrogen-bond donors (Lipinski definition) is 0. The van der Waals surface area contributed by atoms with Crippen molar-refractivity contribution in [3.63, 3.8) is 0 Å². The van der Waals surface area contributed by atoms with Crippen molar-refractivity contribution in [3.8, 4) is 0 Å². The fourth-order valence-electron chi connectivity index (χ4n) is 10.3. The summed E-state index contributed by atoms with van der Waals surface area (Å²) in [5.41, 5.74) is 0.820. The molecule has 0 bridgehead atoms. The molecule has 170 valence electrons. The number of rotatable bonds is 1. The topological polar surface area (TPSA) is 18.5 Å². The molecule has 0 aromatic heterocycles. The minimum Gasteiger partial charge on any atom is -0.349 e. The van der Waals surface area contributed by atoms with Crippen LogP contribution in [0.2, 0.25) is 0 Å². The smallest absolute Gasteiger partial charge is 0.174 e. The van der Waals surface area contributed by atoms with E-state index < -0.39 is 5.79 Å². The van der Waals surface area contributed by atoms with Crippen molar-refractivity contribution in [1.29, 1.82) is 0 Å². The second-order valence-electron chi connectivity index (χ2n) is 12.9. The van der Waals surface area contributed by atoms with Gasteiger partial charge in [-0.25, -0.2) is 0 Å². The Hall–Kier alpha value is -0.150. The Morgan fingerprint density at radius 2 is 1.77 bits per heavy atom. The minimum atomic E-state index is -0.617. The SMILES string of the molecule is CC1CC[C@@]2(OC1)O[C@H]1C[C@H]3[C@@H]4CCC5CCCC[C@]5(C)[C@H]4CC[C@]3(C)[C@H]1[C@@H]2CF. The molecular weight excluding hydrogens is 375 g/mol. The summed E-state index contributed by atoms with van der Waals surface area (Å²) in [5.74, 6) is 3.72. The second-order valence-corrected chi connectivity index (χ2v) is 12.9. The van der Waals surface area contributed by atoms with Crippen molar-refractivity contribution in [2.45, 2.75) is 103 Å². The maximum Gasteiger partial charge on any atom is 0.174 e. The zero-order valence-corrected chi connectivity index (χ0v) is 19.5. The zero-order valence-electron chi connectivity index (χ0n) is 19.5. The molecule has 2 heterocycles. The van der Waals surface area contributed by atoms with Gasteiger partial charge in [-0.05, 0) is 91.8 Å². The number of hydrogen-bond acceptors (Lipinski definition) is 2. The van der Waals surface area contributed by atoms with Crippen molar-refractivity contribution in [3.05, 3.63) is 0 Å². The van der Waals surface area contributed by atoms with Crippen molar-refractivity contribution in [2.24, 2.45) is 52.3 Å². The first-order chi connectivity index (χ1) is 14.4. The Bertz CT molecular complexity index is 672. The molecule has 4 saturated carbocycles. The van der Waals surface area contributed by atoms with E-state index in [1.165, 1.54) is 57.8 Å². The third-order valence-electron chi connectivity index (χ3n) is 11.8. The van der Waals surface area contributed by atoms with Crippen molar-refractivity contribution < 1.29 is 13.9 Å². The van der Waals surface area contributed by atoms with Gasteiger partial charge in [-0.2, -0.15) is 0 Å². The van der Waals surface area contributed by atoms with Gasteiger partial charge in [0.1, 0.15) is 0 Å². The van der Waals surface area contributed by atoms with Crippen LogP contribution in [0.5, 0.6) is 0 Å². The predicted octanol–water partition coefficient (Wildman–Crippen LogP) is 6.77. The predicted molar refractivity (Wildman–Crippen MR) is 117 cm³/mol. The van der Waals surface area contributed by atoms with Crippen LogP contribution in [0, 0.1) is 52.3 Å². The summed E-state index contributed by atoms with van der Waals surface area (Å²) in [6.07, 6.45) is 14.7. The molecule has 30 heavy (non-hydrogen) atoms. The molecule has 6 rings (SSSR count). The van der Waals surface area contributed by atoms with Gasteiger partial charge in [0.15, 0.2) is 5.79 Å². The zero-order chi connectivity index (χ0) is 20.7. The first kappa shape index (κ1) is 20.5. The van der Waals surface area contributed by atoms with Crippen LogP contribution in [0.25, 0.3) is 0 Å². The average Bonchev–Trinajstić information content (AvgIpc) is 3.20. The number of ether oxygens (including phenoxy) is 2. The Morgan fingerprint density at radius 1 is 0.900 bits per heavy atom. The van der Waals surface area contributed by atoms with E-state index in [0.29, 0.717) is 17.3 Å². The normalized spacial score (nSPS) is 60.0. The Balaban J connectivity index is 1.29. The summed E-state index contributed by atoms with van der Waals surface area (Å²) in [4.78, 5) is 0. The fourth-order valence-corrected chi connectivity index (χ4v) is 10.3. The van der Waals surface area contributed by atoms with Crippen LogP contribution in [0.15, 0.2) is 0 Å². The molecule has 6 fully saturated rings. The van der Waals surface area contributed by atoms with E-state index >= 15 is 0 Å². The van der Waals surface area contributed by atoms with Crippen LogP contribution in [0.4, 0.5) is 4.39 Å². The van der Waals surface area contributed by atoms with Crippen molar-refractivity contribution in [1.82, 2.24) is 0 Å². The third kappa shape index (κ3) is 2.60. The first-order valence-electron chi connectivity index (χ1n) is 13.3. The van der Waals surface area contributed by atoms with E-state index in [-0.39, 0.29) is 24.1 Å². The lowest BCUT2D eigenvalue weighted by Gasteiger charge is -2.61. The standard InChI is InChI=1S/C27H43FO2/c1-17-9-13-27(29-16-17)22(15-28)24-23(30-27)14-21-19-8-7-18-6-4-5-11-25(18,2)20(19)10-12-26(21,24)3/h17-24H,4-16H2,1-3H3/t17?,18?,19-,20+,21+,22+,23+,24+,25+,26+,27-/m1/s1. The molecule has 0 aromatic rings. The van der Waals surface area contributed by atoms with Gasteiger partial charge in [0.2, 0.25) is 0 Å². The lowest BCUT2D eigenvalue weighted by atomic mass is 9.44. The van der Waals surface area contributed by atoms with Gasteiger partial charge in [0, 0.05) is 18.3 Å². The molecule has 2 nitrogen and oxygen atoms in total. The highest BCUT2D eigenvalue weighted by atomic mass is 19.1. The van der Waals surface area contributed by atoms with E-state index in [0.717, 1.165) is 43.1 Å². The second kappa shape index (κ2) is 6.92. The van der Waals surface area contributed by atoms with E-state index in [4.69, 9.17) is 9.47 Å². The highest BCUT2D eigenvalue weighted by Gasteiger charge is 2.70. The molecule has 2 saturated heterocycles. The van der Waals surface area contributed by atoms with Gasteiger partial charge >= 0.3 is 0 Å². The van der Waals surface area contributed by atoms with Crippen molar-refractivity contribution >= 4 is 0 Å². The summed E-state index contributed by atoms with van der Waals surface area (Å²) in [7, 11) is 0. The molecule has 6 aliphatic rings. The molecule has 1 spiro atoms. The van der Waals surface area contributed by atoms with Gasteiger partial charge in [-0.15, -0.1) is 0 Å². The fraction of sp³-hybridized carbons (Fsp3) is 1.00. The summed E-state index contributed by atoms with van der Waals surface area (Å²) in [5, 5.41) is 0. The number of alkyl halides is 1. The molecule has 3 heteroatoms. The van der Waals surface area contributed by atoms with E-state index in [2.05, 4.69) is 20.8 Å². The lowest BCUT2D eigenvalue weighted by Crippen LogP contribution is -2.54. The summed E-state index contributed by atoms with van der Waals surface area (Å²) < 4.78 is 27.8. The summed E-state index contributed by atoms with van der Waals surface area (Å²) >= 11 is 0. The van der Waals surface area contributed by atoms with E-state index in [9.17, 15) is 4.39 Å². The van der Waals surface area contributed by atoms with Gasteiger partial charge in [-0.1, -0.05) is 33.6 Å². The summed E-state index contributed by atoms with van der Waals surface area (Å²) in [6, 6.07) is 0. The van der Waals surface area contributed by atoms with Crippen LogP contribution < -0.4 is 0 Å². The Kier molecular flexibility index (Phi) is 4.72. The van der Waals surface area contributed by atoms with Crippen LogP contribution >= 0.6 is 0 Å². The Morgan fingerprint density at radius 3 is 2.53 bits per heavy atom. The molecule has 0 N–H and O–H groups in total. The summed E-state index contributed by atoms with van der Waals surface area (Å²) in [6.45, 7) is 7.89. The molecule has 0 radical (unpaired) electrons. The molecular formula is C27H43FO2. The quantitative estimate of drug-likeness (QED) is 0.468. The lowest BCUT2D eigenvalue weighted by molar-refractivity contribution is -0.276. The maximum atomic E-state index is 14.6. The Labute approximate surface area is 183 Å². The molecule has 4 aliphatic carbocycles. The molecule has 2 unspecified atom stereocenters. The molecule has 11 atom stereocenters. The van der Waals surface area contributed by atoms with Crippen LogP contribution in [0.3, 0.4) is 0 Å². The molecule has 0 amide bonds. The monoisotopic (exact) mass is 418 g/mol. The van der Waals surface area contributed by atoms with Crippen LogP contribution in [-0.2, 0) is 9.47 Å². The van der Waals surface area contributed by atoms with Crippen LogP contribution in [-0.4, -0.2) is 25.2 Å².